The first-order valence-corrected chi connectivity index (χ1v) is 4.63. The van der Waals surface area contributed by atoms with Gasteiger partial charge in [-0.15, -0.1) is 0 Å². The van der Waals surface area contributed by atoms with Gasteiger partial charge >= 0.3 is 0 Å². The number of ether oxygens (including phenoxy) is 2. The van der Waals surface area contributed by atoms with E-state index in [1.54, 1.807) is 14.2 Å². The molecule has 0 N–H and O–H groups in total. The quantitative estimate of drug-likeness (QED) is 0.630. The van der Waals surface area contributed by atoms with E-state index in [2.05, 4.69) is 32.8 Å². The van der Waals surface area contributed by atoms with Crippen LogP contribution >= 0.6 is 0 Å². The highest BCUT2D eigenvalue weighted by Crippen LogP contribution is 2.17. The molecule has 0 heterocycles. The number of likely N-dealkylation sites (N-methyl/N-ethyl adjacent to an activating group) is 1. The second-order valence-corrected chi connectivity index (χ2v) is 4.24. The third-order valence-electron chi connectivity index (χ3n) is 2.37. The zero-order valence-corrected chi connectivity index (χ0v) is 9.76. The first-order valence-electron chi connectivity index (χ1n) is 4.63. The lowest BCUT2D eigenvalue weighted by atomic mass is 9.98. The van der Waals surface area contributed by atoms with Crippen molar-refractivity contribution in [2.24, 2.45) is 0 Å². The lowest BCUT2D eigenvalue weighted by molar-refractivity contribution is -0.0154. The van der Waals surface area contributed by atoms with Crippen LogP contribution in [0.1, 0.15) is 20.3 Å². The number of rotatable bonds is 6. The second kappa shape index (κ2) is 5.58. The SMILES string of the molecule is COC[C@H](CC(C)(C)OC)N(C)C. The topological polar surface area (TPSA) is 21.7 Å². The fraction of sp³-hybridized carbons (Fsp3) is 1.00. The van der Waals surface area contributed by atoms with Crippen LogP contribution in [-0.4, -0.2) is 51.5 Å². The van der Waals surface area contributed by atoms with E-state index < -0.39 is 0 Å². The summed E-state index contributed by atoms with van der Waals surface area (Å²) in [4.78, 5) is 2.17. The molecule has 0 aromatic rings. The third kappa shape index (κ3) is 5.24. The van der Waals surface area contributed by atoms with E-state index in [0.717, 1.165) is 13.0 Å². The van der Waals surface area contributed by atoms with Crippen LogP contribution in [0, 0.1) is 0 Å². The molecule has 0 aromatic carbocycles. The molecule has 0 unspecified atom stereocenters. The molecule has 0 aliphatic carbocycles. The fourth-order valence-electron chi connectivity index (χ4n) is 1.23. The summed E-state index contributed by atoms with van der Waals surface area (Å²) in [7, 11) is 7.61. The van der Waals surface area contributed by atoms with Crippen LogP contribution in [0.2, 0.25) is 0 Å². The Bertz CT molecular complexity index is 135. The van der Waals surface area contributed by atoms with Crippen LogP contribution in [0.3, 0.4) is 0 Å². The number of hydrogen-bond donors (Lipinski definition) is 0. The molecule has 0 spiro atoms. The molecule has 0 aliphatic heterocycles. The van der Waals surface area contributed by atoms with Crippen molar-refractivity contribution in [3.8, 4) is 0 Å². The maximum absolute atomic E-state index is 5.38. The number of methoxy groups -OCH3 is 2. The van der Waals surface area contributed by atoms with Crippen LogP contribution in [0.15, 0.2) is 0 Å². The van der Waals surface area contributed by atoms with Gasteiger partial charge in [0.05, 0.1) is 12.2 Å². The molecule has 0 rings (SSSR count). The zero-order valence-electron chi connectivity index (χ0n) is 9.76. The summed E-state index contributed by atoms with van der Waals surface area (Å²) in [6, 6.07) is 0.417. The van der Waals surface area contributed by atoms with E-state index in [9.17, 15) is 0 Å². The summed E-state index contributed by atoms with van der Waals surface area (Å²) >= 11 is 0. The van der Waals surface area contributed by atoms with Crippen molar-refractivity contribution in [3.63, 3.8) is 0 Å². The Labute approximate surface area is 82.0 Å². The highest BCUT2D eigenvalue weighted by Gasteiger charge is 2.23. The second-order valence-electron chi connectivity index (χ2n) is 4.24. The van der Waals surface area contributed by atoms with Crippen molar-refractivity contribution in [2.75, 3.05) is 34.9 Å². The molecular formula is C10H23NO2. The summed E-state index contributed by atoms with van der Waals surface area (Å²) in [5, 5.41) is 0. The summed E-state index contributed by atoms with van der Waals surface area (Å²) in [5.41, 5.74) is -0.0759. The predicted molar refractivity (Wildman–Crippen MR) is 55.1 cm³/mol. The average molecular weight is 189 g/mol. The minimum atomic E-state index is -0.0759. The molecule has 3 nitrogen and oxygen atoms in total. The van der Waals surface area contributed by atoms with Gasteiger partial charge in [0.15, 0.2) is 0 Å². The lowest BCUT2D eigenvalue weighted by Crippen LogP contribution is -2.39. The Balaban J connectivity index is 4.08. The van der Waals surface area contributed by atoms with Crippen molar-refractivity contribution in [3.05, 3.63) is 0 Å². The molecule has 13 heavy (non-hydrogen) atoms. The largest absolute Gasteiger partial charge is 0.383 e. The average Bonchev–Trinajstić information content (AvgIpc) is 2.03. The first kappa shape index (κ1) is 12.9. The molecular weight excluding hydrogens is 166 g/mol. The summed E-state index contributed by atoms with van der Waals surface area (Å²) in [6.07, 6.45) is 0.977. The van der Waals surface area contributed by atoms with Gasteiger partial charge in [-0.1, -0.05) is 0 Å². The minimum Gasteiger partial charge on any atom is -0.383 e. The van der Waals surface area contributed by atoms with Crippen LogP contribution in [-0.2, 0) is 9.47 Å². The van der Waals surface area contributed by atoms with Crippen LogP contribution in [0.5, 0.6) is 0 Å². The van der Waals surface area contributed by atoms with Gasteiger partial charge in [0, 0.05) is 20.3 Å². The number of hydrogen-bond acceptors (Lipinski definition) is 3. The predicted octanol–water partition coefficient (Wildman–Crippen LogP) is 1.38. The van der Waals surface area contributed by atoms with Gasteiger partial charge in [-0.2, -0.15) is 0 Å². The van der Waals surface area contributed by atoms with Crippen molar-refractivity contribution in [2.45, 2.75) is 31.9 Å². The summed E-state index contributed by atoms with van der Waals surface area (Å²) in [6.45, 7) is 4.94. The summed E-state index contributed by atoms with van der Waals surface area (Å²) in [5.74, 6) is 0. The molecule has 0 bridgehead atoms. The highest BCUT2D eigenvalue weighted by molar-refractivity contribution is 4.77. The molecule has 0 fully saturated rings. The Hall–Kier alpha value is -0.120. The van der Waals surface area contributed by atoms with E-state index in [0.29, 0.717) is 6.04 Å². The standard InChI is InChI=1S/C10H23NO2/c1-10(2,13-6)7-9(8-12-5)11(3)4/h9H,7-8H2,1-6H3/t9-/m0/s1. The molecule has 0 aromatic heterocycles. The van der Waals surface area contributed by atoms with Gasteiger partial charge in [0.25, 0.3) is 0 Å². The van der Waals surface area contributed by atoms with Crippen molar-refractivity contribution >= 4 is 0 Å². The Kier molecular flexibility index (Phi) is 5.53. The lowest BCUT2D eigenvalue weighted by Gasteiger charge is -2.31. The molecule has 0 radical (unpaired) electrons. The van der Waals surface area contributed by atoms with E-state index in [1.165, 1.54) is 0 Å². The first-order chi connectivity index (χ1) is 5.93. The van der Waals surface area contributed by atoms with Crippen molar-refractivity contribution in [1.82, 2.24) is 4.90 Å². The molecule has 1 atom stereocenters. The van der Waals surface area contributed by atoms with Crippen LogP contribution in [0.25, 0.3) is 0 Å². The van der Waals surface area contributed by atoms with Gasteiger partial charge in [-0.3, -0.25) is 0 Å². The zero-order chi connectivity index (χ0) is 10.5. The number of nitrogens with zero attached hydrogens (tertiary/aromatic N) is 1. The Morgan fingerprint density at radius 3 is 2.08 bits per heavy atom. The van der Waals surface area contributed by atoms with E-state index in [4.69, 9.17) is 9.47 Å². The third-order valence-corrected chi connectivity index (χ3v) is 2.37. The van der Waals surface area contributed by atoms with Gasteiger partial charge < -0.3 is 14.4 Å². The normalized spacial score (nSPS) is 15.0. The van der Waals surface area contributed by atoms with Crippen LogP contribution in [0.4, 0.5) is 0 Å². The van der Waals surface area contributed by atoms with E-state index in [-0.39, 0.29) is 5.60 Å². The molecule has 0 saturated heterocycles. The maximum atomic E-state index is 5.38. The molecule has 0 saturated carbocycles. The molecule has 0 amide bonds. The molecule has 0 aliphatic rings. The van der Waals surface area contributed by atoms with Crippen molar-refractivity contribution in [1.29, 1.82) is 0 Å². The summed E-state index contributed by atoms with van der Waals surface area (Å²) < 4.78 is 10.5. The highest BCUT2D eigenvalue weighted by atomic mass is 16.5. The minimum absolute atomic E-state index is 0.0759. The van der Waals surface area contributed by atoms with E-state index >= 15 is 0 Å². The molecule has 80 valence electrons. The monoisotopic (exact) mass is 189 g/mol. The fourth-order valence-corrected chi connectivity index (χ4v) is 1.23. The van der Waals surface area contributed by atoms with E-state index in [1.807, 2.05) is 0 Å². The molecule has 3 heteroatoms. The van der Waals surface area contributed by atoms with Gasteiger partial charge in [0.1, 0.15) is 0 Å². The van der Waals surface area contributed by atoms with Gasteiger partial charge in [-0.05, 0) is 34.4 Å². The van der Waals surface area contributed by atoms with Crippen molar-refractivity contribution < 1.29 is 9.47 Å². The maximum Gasteiger partial charge on any atom is 0.0638 e. The Morgan fingerprint density at radius 1 is 1.23 bits per heavy atom. The Morgan fingerprint density at radius 2 is 1.77 bits per heavy atom. The smallest absolute Gasteiger partial charge is 0.0638 e. The van der Waals surface area contributed by atoms with Gasteiger partial charge in [-0.25, -0.2) is 0 Å². The van der Waals surface area contributed by atoms with Crippen LogP contribution < -0.4 is 0 Å². The van der Waals surface area contributed by atoms with Gasteiger partial charge in [0.2, 0.25) is 0 Å².